The van der Waals surface area contributed by atoms with E-state index in [4.69, 9.17) is 16.3 Å². The van der Waals surface area contributed by atoms with E-state index in [1.165, 1.54) is 7.11 Å². The van der Waals surface area contributed by atoms with Crippen LogP contribution < -0.4 is 10.1 Å². The lowest BCUT2D eigenvalue weighted by atomic mass is 9.66. The molecular formula is C26H33ClN2O4. The Hall–Kier alpha value is -2.57. The predicted octanol–water partition coefficient (Wildman–Crippen LogP) is 4.25. The number of nitrogens with one attached hydrogen (secondary N) is 1. The van der Waals surface area contributed by atoms with Gasteiger partial charge in [-0.1, -0.05) is 63.6 Å². The zero-order valence-corrected chi connectivity index (χ0v) is 20.6. The lowest BCUT2D eigenvalue weighted by Crippen LogP contribution is -2.60. The number of benzene rings is 2. The number of aliphatic hydroxyl groups is 1. The van der Waals surface area contributed by atoms with Gasteiger partial charge in [-0.05, 0) is 42.2 Å². The highest BCUT2D eigenvalue weighted by Gasteiger charge is 2.50. The molecule has 7 heteroatoms. The summed E-state index contributed by atoms with van der Waals surface area (Å²) in [4.78, 5) is 28.2. The zero-order chi connectivity index (χ0) is 24.4. The second-order valence-corrected chi connectivity index (χ2v) is 10.1. The number of methoxy groups -OCH3 is 1. The molecule has 0 unspecified atom stereocenters. The zero-order valence-electron chi connectivity index (χ0n) is 19.9. The van der Waals surface area contributed by atoms with Gasteiger partial charge < -0.3 is 20.1 Å². The lowest BCUT2D eigenvalue weighted by Gasteiger charge is -2.51. The molecule has 6 nitrogen and oxygen atoms in total. The minimum atomic E-state index is -1.09. The summed E-state index contributed by atoms with van der Waals surface area (Å²) < 4.78 is 5.29. The van der Waals surface area contributed by atoms with Crippen molar-refractivity contribution >= 4 is 23.4 Å². The second kappa shape index (κ2) is 9.74. The first-order valence-electron chi connectivity index (χ1n) is 11.2. The molecule has 0 spiro atoms. The minimum absolute atomic E-state index is 0.114. The van der Waals surface area contributed by atoms with Gasteiger partial charge in [-0.2, -0.15) is 0 Å². The molecule has 1 fully saturated rings. The first kappa shape index (κ1) is 25.1. The van der Waals surface area contributed by atoms with Crippen LogP contribution in [0.1, 0.15) is 50.0 Å². The largest absolute Gasteiger partial charge is 0.496 e. The molecular weight excluding hydrogens is 440 g/mol. The van der Waals surface area contributed by atoms with Crippen molar-refractivity contribution in [2.75, 3.05) is 20.2 Å². The standard InChI is InChI=1S/C26H33ClN2O4/c1-17(2)22(28-23(30)20-8-6-7-9-21(20)33-5)24(31)29-15-14-26(32,25(3,4)16-29)18-10-12-19(27)13-11-18/h6-13,17,22,32H,14-16H2,1-5H3,(H,28,30)/t22-,26+/m1/s1. The van der Waals surface area contributed by atoms with Gasteiger partial charge in [0.1, 0.15) is 11.8 Å². The number of carbonyl (C=O) groups excluding carboxylic acids is 2. The van der Waals surface area contributed by atoms with Crippen LogP contribution in [0.2, 0.25) is 5.02 Å². The van der Waals surface area contributed by atoms with Crippen molar-refractivity contribution in [2.45, 2.75) is 45.8 Å². The fraction of sp³-hybridized carbons (Fsp3) is 0.462. The molecule has 1 aliphatic rings. The van der Waals surface area contributed by atoms with Gasteiger partial charge in [-0.15, -0.1) is 0 Å². The number of ether oxygens (including phenoxy) is 1. The maximum Gasteiger partial charge on any atom is 0.255 e. The van der Waals surface area contributed by atoms with Crippen LogP contribution in [0.25, 0.3) is 0 Å². The van der Waals surface area contributed by atoms with E-state index >= 15 is 0 Å². The van der Waals surface area contributed by atoms with E-state index in [1.54, 1.807) is 41.3 Å². The molecule has 0 bridgehead atoms. The summed E-state index contributed by atoms with van der Waals surface area (Å²) in [6, 6.07) is 13.5. The normalized spacial score (nSPS) is 20.9. The molecule has 2 N–H and O–H groups in total. The molecule has 0 saturated carbocycles. The molecule has 1 saturated heterocycles. The van der Waals surface area contributed by atoms with Gasteiger partial charge in [0.25, 0.3) is 5.91 Å². The summed E-state index contributed by atoms with van der Waals surface area (Å²) in [7, 11) is 1.51. The van der Waals surface area contributed by atoms with Crippen molar-refractivity contribution < 1.29 is 19.4 Å². The van der Waals surface area contributed by atoms with Crippen LogP contribution in [-0.2, 0) is 10.4 Å². The summed E-state index contributed by atoms with van der Waals surface area (Å²) in [6.07, 6.45) is 0.388. The lowest BCUT2D eigenvalue weighted by molar-refractivity contribution is -0.155. The fourth-order valence-electron chi connectivity index (χ4n) is 4.53. The minimum Gasteiger partial charge on any atom is -0.496 e. The van der Waals surface area contributed by atoms with Crippen LogP contribution in [0.3, 0.4) is 0 Å². The Morgan fingerprint density at radius 2 is 1.76 bits per heavy atom. The number of piperidine rings is 1. The summed E-state index contributed by atoms with van der Waals surface area (Å²) in [6.45, 7) is 8.47. The quantitative estimate of drug-likeness (QED) is 0.658. The highest BCUT2D eigenvalue weighted by molar-refractivity contribution is 6.30. The Kier molecular flexibility index (Phi) is 7.39. The van der Waals surface area contributed by atoms with Crippen molar-refractivity contribution in [3.63, 3.8) is 0 Å². The number of hydrogen-bond acceptors (Lipinski definition) is 4. The molecule has 0 aromatic heterocycles. The third-order valence-corrected chi connectivity index (χ3v) is 6.91. The van der Waals surface area contributed by atoms with E-state index in [0.717, 1.165) is 5.56 Å². The highest BCUT2D eigenvalue weighted by atomic mass is 35.5. The van der Waals surface area contributed by atoms with E-state index < -0.39 is 17.1 Å². The van der Waals surface area contributed by atoms with Gasteiger partial charge in [-0.3, -0.25) is 9.59 Å². The number of nitrogens with zero attached hydrogens (tertiary/aromatic N) is 1. The molecule has 3 rings (SSSR count). The van der Waals surface area contributed by atoms with Crippen LogP contribution in [0.5, 0.6) is 5.75 Å². The van der Waals surface area contributed by atoms with Gasteiger partial charge in [-0.25, -0.2) is 0 Å². The van der Waals surface area contributed by atoms with Crippen molar-refractivity contribution in [3.8, 4) is 5.75 Å². The number of carbonyl (C=O) groups is 2. The third-order valence-electron chi connectivity index (χ3n) is 6.65. The predicted molar refractivity (Wildman–Crippen MR) is 129 cm³/mol. The van der Waals surface area contributed by atoms with Gasteiger partial charge >= 0.3 is 0 Å². The second-order valence-electron chi connectivity index (χ2n) is 9.66. The average Bonchev–Trinajstić information content (AvgIpc) is 2.78. The Morgan fingerprint density at radius 1 is 1.12 bits per heavy atom. The molecule has 1 heterocycles. The third kappa shape index (κ3) is 5.02. The van der Waals surface area contributed by atoms with Crippen LogP contribution in [0.15, 0.2) is 48.5 Å². The van der Waals surface area contributed by atoms with Gasteiger partial charge in [0.15, 0.2) is 0 Å². The Balaban J connectivity index is 1.79. The summed E-state index contributed by atoms with van der Waals surface area (Å²) >= 11 is 6.02. The number of likely N-dealkylation sites (tertiary alicyclic amines) is 1. The van der Waals surface area contributed by atoms with Crippen LogP contribution in [0, 0.1) is 11.3 Å². The number of rotatable bonds is 6. The number of halogens is 1. The molecule has 2 aromatic carbocycles. The maximum atomic E-state index is 13.5. The summed E-state index contributed by atoms with van der Waals surface area (Å²) in [5.74, 6) is -0.165. The van der Waals surface area contributed by atoms with Crippen LogP contribution >= 0.6 is 11.6 Å². The molecule has 2 aromatic rings. The van der Waals surface area contributed by atoms with Crippen molar-refractivity contribution in [1.29, 1.82) is 0 Å². The van der Waals surface area contributed by atoms with Gasteiger partial charge in [0.05, 0.1) is 18.3 Å². The van der Waals surface area contributed by atoms with E-state index in [-0.39, 0.29) is 17.7 Å². The first-order valence-corrected chi connectivity index (χ1v) is 11.6. The fourth-order valence-corrected chi connectivity index (χ4v) is 4.66. The van der Waals surface area contributed by atoms with Crippen molar-refractivity contribution in [3.05, 3.63) is 64.7 Å². The Morgan fingerprint density at radius 3 is 2.33 bits per heavy atom. The maximum absolute atomic E-state index is 13.5. The van der Waals surface area contributed by atoms with E-state index in [1.807, 2.05) is 39.8 Å². The van der Waals surface area contributed by atoms with Crippen molar-refractivity contribution in [1.82, 2.24) is 10.2 Å². The number of hydrogen-bond donors (Lipinski definition) is 2. The molecule has 2 amide bonds. The summed E-state index contributed by atoms with van der Waals surface area (Å²) in [5, 5.41) is 15.1. The van der Waals surface area contributed by atoms with E-state index in [9.17, 15) is 14.7 Å². The number of para-hydroxylation sites is 1. The topological polar surface area (TPSA) is 78.9 Å². The molecule has 0 radical (unpaired) electrons. The summed E-state index contributed by atoms with van der Waals surface area (Å²) in [5.41, 5.74) is -0.533. The van der Waals surface area contributed by atoms with E-state index in [2.05, 4.69) is 5.32 Å². The SMILES string of the molecule is COc1ccccc1C(=O)N[C@@H](C(=O)N1CC[C@](O)(c2ccc(Cl)cc2)C(C)(C)C1)C(C)C. The molecule has 33 heavy (non-hydrogen) atoms. The van der Waals surface area contributed by atoms with Crippen LogP contribution in [-0.4, -0.2) is 48.1 Å². The van der Waals surface area contributed by atoms with Crippen LogP contribution in [0.4, 0.5) is 0 Å². The molecule has 178 valence electrons. The van der Waals surface area contributed by atoms with E-state index in [0.29, 0.717) is 35.8 Å². The molecule has 0 aliphatic carbocycles. The molecule has 1 aliphatic heterocycles. The van der Waals surface area contributed by atoms with Gasteiger partial charge in [0.2, 0.25) is 5.91 Å². The van der Waals surface area contributed by atoms with Crippen molar-refractivity contribution in [2.24, 2.45) is 11.3 Å². The Bertz CT molecular complexity index is 1010. The van der Waals surface area contributed by atoms with Gasteiger partial charge in [0, 0.05) is 23.5 Å². The number of amides is 2. The first-order chi connectivity index (χ1) is 15.5. The Labute approximate surface area is 200 Å². The average molecular weight is 473 g/mol. The molecule has 2 atom stereocenters. The highest BCUT2D eigenvalue weighted by Crippen LogP contribution is 2.46. The smallest absolute Gasteiger partial charge is 0.255 e. The monoisotopic (exact) mass is 472 g/mol.